The molecule has 4 nitrogen and oxygen atoms in total. The zero-order valence-electron chi connectivity index (χ0n) is 24.9. The molecule has 0 N–H and O–H groups in total. The van der Waals surface area contributed by atoms with Gasteiger partial charge in [0.1, 0.15) is 17.5 Å². The first-order chi connectivity index (χ1) is 22.1. The van der Waals surface area contributed by atoms with E-state index in [9.17, 15) is 0 Å². The summed E-state index contributed by atoms with van der Waals surface area (Å²) in [6.07, 6.45) is 3.61. The topological polar surface area (TPSA) is 42.2 Å². The molecule has 0 radical (unpaired) electrons. The summed E-state index contributed by atoms with van der Waals surface area (Å²) in [6.45, 7) is 4.65. The second-order valence-corrected chi connectivity index (χ2v) is 12.7. The van der Waals surface area contributed by atoms with Crippen LogP contribution in [0.3, 0.4) is 0 Å². The molecule has 0 saturated heterocycles. The molecular formula is C41H27N3O. The molecule has 3 heterocycles. The Morgan fingerprint density at radius 3 is 2.44 bits per heavy atom. The molecule has 8 aromatic rings. The van der Waals surface area contributed by atoms with Gasteiger partial charge in [-0.2, -0.15) is 0 Å². The van der Waals surface area contributed by atoms with Gasteiger partial charge in [-0.3, -0.25) is 0 Å². The van der Waals surface area contributed by atoms with E-state index in [1.54, 1.807) is 6.33 Å². The zero-order valence-corrected chi connectivity index (χ0v) is 24.9. The van der Waals surface area contributed by atoms with Gasteiger partial charge in [0.2, 0.25) is 0 Å². The van der Waals surface area contributed by atoms with Crippen molar-refractivity contribution in [2.24, 2.45) is 0 Å². The van der Waals surface area contributed by atoms with E-state index >= 15 is 0 Å². The van der Waals surface area contributed by atoms with Crippen molar-refractivity contribution in [1.29, 1.82) is 0 Å². The van der Waals surface area contributed by atoms with Crippen LogP contribution in [0.4, 0.5) is 17.1 Å². The number of para-hydroxylation sites is 1. The summed E-state index contributed by atoms with van der Waals surface area (Å²) >= 11 is 0. The van der Waals surface area contributed by atoms with Crippen molar-refractivity contribution >= 4 is 49.8 Å². The monoisotopic (exact) mass is 577 g/mol. The van der Waals surface area contributed by atoms with Crippen LogP contribution in [0.1, 0.15) is 25.0 Å². The van der Waals surface area contributed by atoms with Crippen LogP contribution in [0.25, 0.3) is 66.2 Å². The summed E-state index contributed by atoms with van der Waals surface area (Å²) in [4.78, 5) is 11.7. The summed E-state index contributed by atoms with van der Waals surface area (Å²) in [5, 5.41) is 4.72. The van der Waals surface area contributed by atoms with Crippen molar-refractivity contribution in [2.45, 2.75) is 19.3 Å². The first-order valence-corrected chi connectivity index (χ1v) is 15.4. The van der Waals surface area contributed by atoms with Gasteiger partial charge in [-0.1, -0.05) is 92.7 Å². The van der Waals surface area contributed by atoms with Crippen LogP contribution in [0.2, 0.25) is 0 Å². The smallest absolute Gasteiger partial charge is 0.143 e. The van der Waals surface area contributed by atoms with Gasteiger partial charge in [0.05, 0.1) is 23.3 Å². The lowest BCUT2D eigenvalue weighted by atomic mass is 9.82. The minimum atomic E-state index is -0.200. The molecule has 0 spiro atoms. The van der Waals surface area contributed by atoms with Gasteiger partial charge in [-0.15, -0.1) is 0 Å². The Labute approximate surface area is 260 Å². The van der Waals surface area contributed by atoms with Crippen molar-refractivity contribution in [1.82, 2.24) is 9.97 Å². The summed E-state index contributed by atoms with van der Waals surface area (Å²) < 4.78 is 6.53. The summed E-state index contributed by atoms with van der Waals surface area (Å²) in [5.74, 6) is 0. The molecule has 0 saturated carbocycles. The highest BCUT2D eigenvalue weighted by Crippen LogP contribution is 2.56. The molecule has 0 bridgehead atoms. The number of fused-ring (bicyclic) bond motifs is 9. The number of nitrogens with zero attached hydrogens (tertiary/aromatic N) is 3. The van der Waals surface area contributed by atoms with Gasteiger partial charge >= 0.3 is 0 Å². The van der Waals surface area contributed by atoms with E-state index in [2.05, 4.69) is 133 Å². The highest BCUT2D eigenvalue weighted by molar-refractivity contribution is 6.15. The fourth-order valence-electron chi connectivity index (χ4n) is 7.81. The summed E-state index contributed by atoms with van der Waals surface area (Å²) in [7, 11) is 0. The molecule has 4 heteroatoms. The molecule has 0 unspecified atom stereocenters. The average molecular weight is 578 g/mol. The maximum Gasteiger partial charge on any atom is 0.143 e. The predicted molar refractivity (Wildman–Crippen MR) is 183 cm³/mol. The molecule has 6 aromatic carbocycles. The number of furan rings is 1. The van der Waals surface area contributed by atoms with Crippen molar-refractivity contribution in [3.8, 4) is 33.5 Å². The third-order valence-corrected chi connectivity index (χ3v) is 9.92. The Morgan fingerprint density at radius 1 is 0.667 bits per heavy atom. The summed E-state index contributed by atoms with van der Waals surface area (Å²) in [5.41, 5.74) is 14.4. The van der Waals surface area contributed by atoms with E-state index in [0.29, 0.717) is 0 Å². The van der Waals surface area contributed by atoms with Gasteiger partial charge in [0.15, 0.2) is 0 Å². The molecule has 2 aromatic heterocycles. The lowest BCUT2D eigenvalue weighted by Crippen LogP contribution is -2.18. The second-order valence-electron chi connectivity index (χ2n) is 12.7. The van der Waals surface area contributed by atoms with Gasteiger partial charge < -0.3 is 9.32 Å². The van der Waals surface area contributed by atoms with Crippen LogP contribution < -0.4 is 4.90 Å². The standard InChI is InChI=1S/C41H27N3O/c1-41(2)32-18-17-29-28-12-6-7-14-36(28)45-40(29)38(32)30-16-15-27(21-33(30)41)44-34-13-8-11-25-19-26(24-9-4-3-5-10-24)20-31(37(25)34)39-35(44)22-42-23-43-39/h3-23H,1-2H3. The van der Waals surface area contributed by atoms with E-state index in [1.165, 1.54) is 44.2 Å². The molecule has 1 aliphatic carbocycles. The number of benzene rings is 6. The average Bonchev–Trinajstić information content (AvgIpc) is 3.57. The van der Waals surface area contributed by atoms with Gasteiger partial charge in [-0.25, -0.2) is 9.97 Å². The molecule has 212 valence electrons. The molecule has 45 heavy (non-hydrogen) atoms. The maximum atomic E-state index is 6.53. The van der Waals surface area contributed by atoms with Crippen molar-refractivity contribution in [3.63, 3.8) is 0 Å². The normalized spacial score (nSPS) is 14.1. The number of aromatic nitrogens is 2. The first kappa shape index (κ1) is 24.7. The van der Waals surface area contributed by atoms with Crippen LogP contribution in [0.5, 0.6) is 0 Å². The molecular weight excluding hydrogens is 550 g/mol. The quantitative estimate of drug-likeness (QED) is 0.205. The lowest BCUT2D eigenvalue weighted by Gasteiger charge is -2.33. The molecule has 0 amide bonds. The highest BCUT2D eigenvalue weighted by Gasteiger charge is 2.39. The minimum Gasteiger partial charge on any atom is -0.455 e. The van der Waals surface area contributed by atoms with E-state index in [0.717, 1.165) is 50.3 Å². The Kier molecular flexibility index (Phi) is 4.76. The third-order valence-electron chi connectivity index (χ3n) is 9.92. The Morgan fingerprint density at radius 2 is 1.53 bits per heavy atom. The van der Waals surface area contributed by atoms with Crippen LogP contribution in [-0.4, -0.2) is 9.97 Å². The number of hydrogen-bond donors (Lipinski definition) is 0. The van der Waals surface area contributed by atoms with Crippen LogP contribution >= 0.6 is 0 Å². The Balaban J connectivity index is 1.20. The van der Waals surface area contributed by atoms with E-state index < -0.39 is 0 Å². The maximum absolute atomic E-state index is 6.53. The highest BCUT2D eigenvalue weighted by atomic mass is 16.3. The fourth-order valence-corrected chi connectivity index (χ4v) is 7.81. The Hall–Kier alpha value is -5.74. The third kappa shape index (κ3) is 3.26. The number of rotatable bonds is 2. The van der Waals surface area contributed by atoms with E-state index in [1.807, 2.05) is 12.3 Å². The van der Waals surface area contributed by atoms with Crippen LogP contribution in [-0.2, 0) is 5.41 Å². The molecule has 0 fully saturated rings. The fraction of sp³-hybridized carbons (Fsp3) is 0.0732. The zero-order chi connectivity index (χ0) is 29.9. The van der Waals surface area contributed by atoms with Crippen molar-refractivity contribution in [3.05, 3.63) is 139 Å². The second kappa shape index (κ2) is 8.67. The molecule has 2 aliphatic rings. The minimum absolute atomic E-state index is 0.200. The van der Waals surface area contributed by atoms with E-state index in [4.69, 9.17) is 9.40 Å². The SMILES string of the molecule is CC1(C)c2cc(N3c4cncnc4-c4cc(-c5ccccc5)cc5cccc3c45)ccc2-c2c1ccc1c2oc2ccccc21. The molecule has 0 atom stereocenters. The molecule has 10 rings (SSSR count). The molecule has 1 aliphatic heterocycles. The van der Waals surface area contributed by atoms with E-state index in [-0.39, 0.29) is 5.41 Å². The number of anilines is 3. The predicted octanol–water partition coefficient (Wildman–Crippen LogP) is 11.0. The van der Waals surface area contributed by atoms with Crippen molar-refractivity contribution < 1.29 is 4.42 Å². The van der Waals surface area contributed by atoms with Gasteiger partial charge in [0, 0.05) is 38.4 Å². The lowest BCUT2D eigenvalue weighted by molar-refractivity contribution is 0.653. The van der Waals surface area contributed by atoms with Crippen LogP contribution in [0.15, 0.2) is 132 Å². The van der Waals surface area contributed by atoms with Gasteiger partial charge in [0.25, 0.3) is 0 Å². The van der Waals surface area contributed by atoms with Crippen LogP contribution in [0, 0.1) is 0 Å². The summed E-state index contributed by atoms with van der Waals surface area (Å²) in [6, 6.07) is 41.5. The van der Waals surface area contributed by atoms with Gasteiger partial charge in [-0.05, 0) is 69.6 Å². The Bertz CT molecular complexity index is 2530. The largest absolute Gasteiger partial charge is 0.455 e. The number of hydrogen-bond acceptors (Lipinski definition) is 4. The first-order valence-electron chi connectivity index (χ1n) is 15.4. The van der Waals surface area contributed by atoms with Crippen molar-refractivity contribution in [2.75, 3.05) is 4.90 Å².